The number of hydrogen-bond donors (Lipinski definition) is 2. The highest BCUT2D eigenvalue weighted by Crippen LogP contribution is 2.25. The molecule has 1 aliphatic rings. The number of hydrogen-bond acceptors (Lipinski definition) is 4. The fraction of sp³-hybridized carbons (Fsp3) is 0.316. The quantitative estimate of drug-likeness (QED) is 0.840. The molecule has 7 heteroatoms. The summed E-state index contributed by atoms with van der Waals surface area (Å²) < 4.78 is 27.2. The van der Waals surface area contributed by atoms with Crippen molar-refractivity contribution in [1.29, 1.82) is 0 Å². The van der Waals surface area contributed by atoms with E-state index in [1.54, 1.807) is 54.6 Å². The Kier molecular flexibility index (Phi) is 5.58. The van der Waals surface area contributed by atoms with Gasteiger partial charge in [0.15, 0.2) is 0 Å². The second-order valence-corrected chi connectivity index (χ2v) is 8.22. The molecule has 0 unspecified atom stereocenters. The molecule has 6 nitrogen and oxygen atoms in total. The smallest absolute Gasteiger partial charge is 0.243 e. The van der Waals surface area contributed by atoms with Gasteiger partial charge in [-0.25, -0.2) is 8.42 Å². The monoisotopic (exact) mass is 374 g/mol. The van der Waals surface area contributed by atoms with Crippen LogP contribution in [0.3, 0.4) is 0 Å². The van der Waals surface area contributed by atoms with Crippen molar-refractivity contribution >= 4 is 15.9 Å². The highest BCUT2D eigenvalue weighted by Gasteiger charge is 2.37. The molecule has 3 rings (SSSR count). The average molecular weight is 374 g/mol. The van der Waals surface area contributed by atoms with E-state index in [1.807, 2.05) is 0 Å². The summed E-state index contributed by atoms with van der Waals surface area (Å²) in [6.07, 6.45) is 2.07. The summed E-state index contributed by atoms with van der Waals surface area (Å²) in [5.41, 5.74) is 0.837. The van der Waals surface area contributed by atoms with Crippen LogP contribution in [0.1, 0.15) is 24.8 Å². The van der Waals surface area contributed by atoms with Gasteiger partial charge in [0.05, 0.1) is 4.90 Å². The first kappa shape index (κ1) is 18.4. The molecule has 1 fully saturated rings. The molecule has 2 aromatic carbocycles. The molecule has 1 amide bonds. The molecular formula is C19H22N2O4S. The van der Waals surface area contributed by atoms with E-state index in [0.717, 1.165) is 18.4 Å². The Morgan fingerprint density at radius 3 is 2.46 bits per heavy atom. The SMILES string of the molecule is O=C(NCc1ccc(O)cc1)[C@H]1CCCCN1S(=O)(=O)c1ccccc1. The molecule has 0 aromatic heterocycles. The van der Waals surface area contributed by atoms with E-state index in [1.165, 1.54) is 4.31 Å². The summed E-state index contributed by atoms with van der Waals surface area (Å²) in [5, 5.41) is 12.1. The minimum Gasteiger partial charge on any atom is -0.508 e. The van der Waals surface area contributed by atoms with Crippen molar-refractivity contribution in [3.8, 4) is 5.75 Å². The topological polar surface area (TPSA) is 86.7 Å². The number of carbonyl (C=O) groups excluding carboxylic acids is 1. The maximum absolute atomic E-state index is 12.9. The fourth-order valence-electron chi connectivity index (χ4n) is 3.10. The van der Waals surface area contributed by atoms with Gasteiger partial charge in [0, 0.05) is 13.1 Å². The zero-order chi connectivity index (χ0) is 18.6. The number of carbonyl (C=O) groups is 1. The van der Waals surface area contributed by atoms with E-state index < -0.39 is 16.1 Å². The second kappa shape index (κ2) is 7.88. The Labute approximate surface area is 153 Å². The molecule has 1 aliphatic heterocycles. The van der Waals surface area contributed by atoms with Gasteiger partial charge in [-0.3, -0.25) is 4.79 Å². The Morgan fingerprint density at radius 1 is 1.08 bits per heavy atom. The van der Waals surface area contributed by atoms with Gasteiger partial charge in [0.25, 0.3) is 0 Å². The first-order chi connectivity index (χ1) is 12.5. The normalized spacial score (nSPS) is 18.4. The van der Waals surface area contributed by atoms with E-state index in [4.69, 9.17) is 0 Å². The van der Waals surface area contributed by atoms with Crippen molar-refractivity contribution < 1.29 is 18.3 Å². The lowest BCUT2D eigenvalue weighted by Crippen LogP contribution is -2.51. The summed E-state index contributed by atoms with van der Waals surface area (Å²) in [7, 11) is -3.71. The third kappa shape index (κ3) is 4.05. The summed E-state index contributed by atoms with van der Waals surface area (Å²) in [5.74, 6) is -0.134. The van der Waals surface area contributed by atoms with E-state index in [-0.39, 0.29) is 23.1 Å². The Morgan fingerprint density at radius 2 is 1.77 bits per heavy atom. The Balaban J connectivity index is 1.74. The van der Waals surface area contributed by atoms with Crippen LogP contribution < -0.4 is 5.32 Å². The lowest BCUT2D eigenvalue weighted by atomic mass is 10.0. The van der Waals surface area contributed by atoms with Crippen LogP contribution in [0.2, 0.25) is 0 Å². The highest BCUT2D eigenvalue weighted by molar-refractivity contribution is 7.89. The van der Waals surface area contributed by atoms with Crippen LogP contribution in [0, 0.1) is 0 Å². The highest BCUT2D eigenvalue weighted by atomic mass is 32.2. The minimum atomic E-state index is -3.71. The number of nitrogens with one attached hydrogen (secondary N) is 1. The molecule has 0 saturated carbocycles. The first-order valence-electron chi connectivity index (χ1n) is 8.61. The van der Waals surface area contributed by atoms with Crippen LogP contribution in [0.25, 0.3) is 0 Å². The summed E-state index contributed by atoms with van der Waals surface area (Å²) in [6, 6.07) is 14.0. The number of phenols is 1. The molecule has 0 spiro atoms. The molecule has 0 radical (unpaired) electrons. The lowest BCUT2D eigenvalue weighted by Gasteiger charge is -2.33. The predicted molar refractivity (Wildman–Crippen MR) is 97.9 cm³/mol. The van der Waals surface area contributed by atoms with Crippen LogP contribution in [-0.2, 0) is 21.4 Å². The van der Waals surface area contributed by atoms with Gasteiger partial charge in [-0.05, 0) is 42.7 Å². The molecule has 138 valence electrons. The summed E-state index contributed by atoms with van der Waals surface area (Å²) in [4.78, 5) is 12.9. The number of rotatable bonds is 5. The van der Waals surface area contributed by atoms with Crippen LogP contribution in [-0.4, -0.2) is 36.3 Å². The van der Waals surface area contributed by atoms with Gasteiger partial charge >= 0.3 is 0 Å². The maximum Gasteiger partial charge on any atom is 0.243 e. The van der Waals surface area contributed by atoms with Crippen LogP contribution in [0.15, 0.2) is 59.5 Å². The number of benzene rings is 2. The van der Waals surface area contributed by atoms with Crippen molar-refractivity contribution in [2.24, 2.45) is 0 Å². The molecule has 2 N–H and O–H groups in total. The van der Waals surface area contributed by atoms with Crippen molar-refractivity contribution in [2.75, 3.05) is 6.54 Å². The standard InChI is InChI=1S/C19H22N2O4S/c22-16-11-9-15(10-12-16)14-20-19(23)18-8-4-5-13-21(18)26(24,25)17-6-2-1-3-7-17/h1-3,6-7,9-12,18,22H,4-5,8,13-14H2,(H,20,23)/t18-/m1/s1. The maximum atomic E-state index is 12.9. The Bertz CT molecular complexity index is 851. The van der Waals surface area contributed by atoms with Crippen LogP contribution in [0.4, 0.5) is 0 Å². The number of phenolic OH excluding ortho intramolecular Hbond substituents is 1. The van der Waals surface area contributed by atoms with Crippen LogP contribution in [0.5, 0.6) is 5.75 Å². The average Bonchev–Trinajstić information content (AvgIpc) is 2.68. The minimum absolute atomic E-state index is 0.160. The Hall–Kier alpha value is -2.38. The number of sulfonamides is 1. The van der Waals surface area contributed by atoms with E-state index in [0.29, 0.717) is 13.0 Å². The molecule has 2 aromatic rings. The first-order valence-corrected chi connectivity index (χ1v) is 10.0. The van der Waals surface area contributed by atoms with Gasteiger partial charge in [0.2, 0.25) is 15.9 Å². The van der Waals surface area contributed by atoms with E-state index in [2.05, 4.69) is 5.32 Å². The summed E-state index contributed by atoms with van der Waals surface area (Å²) >= 11 is 0. The molecular weight excluding hydrogens is 352 g/mol. The molecule has 1 atom stereocenters. The van der Waals surface area contributed by atoms with Gasteiger partial charge in [-0.2, -0.15) is 4.31 Å². The predicted octanol–water partition coefficient (Wildman–Crippen LogP) is 2.25. The van der Waals surface area contributed by atoms with Gasteiger partial charge < -0.3 is 10.4 Å². The summed E-state index contributed by atoms with van der Waals surface area (Å²) in [6.45, 7) is 0.628. The van der Waals surface area contributed by atoms with Crippen molar-refractivity contribution in [1.82, 2.24) is 9.62 Å². The number of aromatic hydroxyl groups is 1. The third-order valence-corrected chi connectivity index (χ3v) is 6.43. The molecule has 0 aliphatic carbocycles. The zero-order valence-corrected chi connectivity index (χ0v) is 15.2. The van der Waals surface area contributed by atoms with Gasteiger partial charge in [-0.15, -0.1) is 0 Å². The molecule has 0 bridgehead atoms. The number of nitrogens with zero attached hydrogens (tertiary/aromatic N) is 1. The fourth-order valence-corrected chi connectivity index (χ4v) is 4.78. The number of piperidine rings is 1. The van der Waals surface area contributed by atoms with E-state index in [9.17, 15) is 18.3 Å². The van der Waals surface area contributed by atoms with E-state index >= 15 is 0 Å². The second-order valence-electron chi connectivity index (χ2n) is 6.32. The van der Waals surface area contributed by atoms with Crippen molar-refractivity contribution in [2.45, 2.75) is 36.7 Å². The third-order valence-electron chi connectivity index (χ3n) is 4.51. The zero-order valence-electron chi connectivity index (χ0n) is 14.3. The molecule has 1 heterocycles. The molecule has 26 heavy (non-hydrogen) atoms. The molecule has 1 saturated heterocycles. The lowest BCUT2D eigenvalue weighted by molar-refractivity contribution is -0.125. The van der Waals surface area contributed by atoms with Gasteiger partial charge in [0.1, 0.15) is 11.8 Å². The largest absolute Gasteiger partial charge is 0.508 e. The van der Waals surface area contributed by atoms with Crippen LogP contribution >= 0.6 is 0 Å². The number of amides is 1. The van der Waals surface area contributed by atoms with Gasteiger partial charge in [-0.1, -0.05) is 36.8 Å². The van der Waals surface area contributed by atoms with Crippen molar-refractivity contribution in [3.05, 3.63) is 60.2 Å². The van der Waals surface area contributed by atoms with Crippen molar-refractivity contribution in [3.63, 3.8) is 0 Å².